The van der Waals surface area contributed by atoms with Gasteiger partial charge < -0.3 is 9.32 Å². The Kier molecular flexibility index (Phi) is 6.74. The lowest BCUT2D eigenvalue weighted by atomic mass is 10.2. The number of carbonyl (C=O) groups excluding carboxylic acids is 1. The number of hydrogen-bond donors (Lipinski definition) is 0. The normalized spacial score (nSPS) is 11.6. The van der Waals surface area contributed by atoms with Crippen LogP contribution in [0.25, 0.3) is 0 Å². The molecule has 152 valence electrons. The molecule has 0 aliphatic rings. The number of carbonyl (C=O) groups is 1. The monoisotopic (exact) mass is 432 g/mol. The standard InChI is InChI=1S/C21H21ClN2O4S/c1-23(29(26,27)20-11-9-18(22)10-12-20)16-21(25)24(15-19-8-5-13-28-19)14-17-6-3-2-4-7-17/h2-13H,14-16H2,1H3. The fraction of sp³-hybridized carbons (Fsp3) is 0.190. The van der Waals surface area contributed by atoms with Crippen molar-refractivity contribution in [3.05, 3.63) is 89.3 Å². The van der Waals surface area contributed by atoms with Gasteiger partial charge >= 0.3 is 0 Å². The highest BCUT2D eigenvalue weighted by atomic mass is 35.5. The van der Waals surface area contributed by atoms with Crippen LogP contribution in [0.2, 0.25) is 5.02 Å². The zero-order chi connectivity index (χ0) is 20.9. The van der Waals surface area contributed by atoms with Crippen molar-refractivity contribution in [2.45, 2.75) is 18.0 Å². The van der Waals surface area contributed by atoms with E-state index in [4.69, 9.17) is 16.0 Å². The second-order valence-corrected chi connectivity index (χ2v) is 9.01. The Labute approximate surface area is 175 Å². The third-order valence-electron chi connectivity index (χ3n) is 4.38. The summed E-state index contributed by atoms with van der Waals surface area (Å²) in [6.45, 7) is 0.295. The molecular weight excluding hydrogens is 412 g/mol. The van der Waals surface area contributed by atoms with Crippen LogP contribution < -0.4 is 0 Å². The van der Waals surface area contributed by atoms with Crippen LogP contribution in [-0.4, -0.2) is 37.1 Å². The minimum atomic E-state index is -3.82. The lowest BCUT2D eigenvalue weighted by Crippen LogP contribution is -2.40. The van der Waals surface area contributed by atoms with Crippen LogP contribution in [0.3, 0.4) is 0 Å². The third kappa shape index (κ3) is 5.47. The number of benzene rings is 2. The summed E-state index contributed by atoms with van der Waals surface area (Å²) in [5.41, 5.74) is 0.940. The molecule has 0 aliphatic heterocycles. The fourth-order valence-corrected chi connectivity index (χ4v) is 4.03. The molecule has 6 nitrogen and oxygen atoms in total. The van der Waals surface area contributed by atoms with E-state index in [0.29, 0.717) is 17.3 Å². The van der Waals surface area contributed by atoms with Crippen LogP contribution in [0.5, 0.6) is 0 Å². The molecule has 1 amide bonds. The van der Waals surface area contributed by atoms with Crippen LogP contribution in [0, 0.1) is 0 Å². The van der Waals surface area contributed by atoms with E-state index in [0.717, 1.165) is 9.87 Å². The van der Waals surface area contributed by atoms with Crippen LogP contribution in [-0.2, 0) is 27.9 Å². The fourth-order valence-electron chi connectivity index (χ4n) is 2.79. The number of amides is 1. The van der Waals surface area contributed by atoms with E-state index >= 15 is 0 Å². The molecule has 0 unspecified atom stereocenters. The Morgan fingerprint density at radius 2 is 1.66 bits per heavy atom. The van der Waals surface area contributed by atoms with Gasteiger partial charge in [-0.2, -0.15) is 4.31 Å². The smallest absolute Gasteiger partial charge is 0.243 e. The lowest BCUT2D eigenvalue weighted by Gasteiger charge is -2.25. The van der Waals surface area contributed by atoms with E-state index < -0.39 is 10.0 Å². The van der Waals surface area contributed by atoms with Gasteiger partial charge in [-0.05, 0) is 42.0 Å². The van der Waals surface area contributed by atoms with Crippen LogP contribution in [0.1, 0.15) is 11.3 Å². The molecule has 0 aliphatic carbocycles. The first kappa shape index (κ1) is 21.1. The van der Waals surface area contributed by atoms with Gasteiger partial charge in [0.2, 0.25) is 15.9 Å². The predicted molar refractivity (Wildman–Crippen MR) is 111 cm³/mol. The van der Waals surface area contributed by atoms with E-state index in [2.05, 4.69) is 0 Å². The van der Waals surface area contributed by atoms with Gasteiger partial charge in [-0.3, -0.25) is 4.79 Å². The average molecular weight is 433 g/mol. The van der Waals surface area contributed by atoms with Gasteiger partial charge in [0.25, 0.3) is 0 Å². The summed E-state index contributed by atoms with van der Waals surface area (Å²) < 4.78 is 31.9. The molecule has 2 aromatic carbocycles. The number of furan rings is 1. The first-order chi connectivity index (χ1) is 13.9. The highest BCUT2D eigenvalue weighted by molar-refractivity contribution is 7.89. The maximum absolute atomic E-state index is 13.0. The molecule has 0 radical (unpaired) electrons. The molecule has 0 fully saturated rings. The van der Waals surface area contributed by atoms with Crippen molar-refractivity contribution in [2.24, 2.45) is 0 Å². The summed E-state index contributed by atoms with van der Waals surface area (Å²) in [7, 11) is -2.43. The topological polar surface area (TPSA) is 70.8 Å². The summed E-state index contributed by atoms with van der Waals surface area (Å²) in [5, 5.41) is 0.440. The van der Waals surface area contributed by atoms with E-state index in [1.54, 1.807) is 17.0 Å². The quantitative estimate of drug-likeness (QED) is 0.543. The second-order valence-electron chi connectivity index (χ2n) is 6.53. The molecule has 8 heteroatoms. The average Bonchev–Trinajstić information content (AvgIpc) is 3.21. The van der Waals surface area contributed by atoms with Crippen molar-refractivity contribution in [2.75, 3.05) is 13.6 Å². The molecule has 0 N–H and O–H groups in total. The van der Waals surface area contributed by atoms with Crippen LogP contribution >= 0.6 is 11.6 Å². The van der Waals surface area contributed by atoms with Gasteiger partial charge in [0.15, 0.2) is 0 Å². The summed E-state index contributed by atoms with van der Waals surface area (Å²) in [6.07, 6.45) is 1.54. The third-order valence-corrected chi connectivity index (χ3v) is 6.45. The molecule has 0 bridgehead atoms. The van der Waals surface area contributed by atoms with Crippen molar-refractivity contribution in [3.8, 4) is 0 Å². The van der Waals surface area contributed by atoms with Crippen molar-refractivity contribution in [1.29, 1.82) is 0 Å². The zero-order valence-corrected chi connectivity index (χ0v) is 17.4. The lowest BCUT2D eigenvalue weighted by molar-refractivity contribution is -0.132. The van der Waals surface area contributed by atoms with Gasteiger partial charge in [0, 0.05) is 18.6 Å². The first-order valence-electron chi connectivity index (χ1n) is 8.92. The Morgan fingerprint density at radius 3 is 2.28 bits per heavy atom. The van der Waals surface area contributed by atoms with E-state index in [9.17, 15) is 13.2 Å². The molecule has 0 saturated heterocycles. The van der Waals surface area contributed by atoms with Gasteiger partial charge in [0.05, 0.1) is 24.2 Å². The van der Waals surface area contributed by atoms with E-state index in [1.165, 1.54) is 37.6 Å². The summed E-state index contributed by atoms with van der Waals surface area (Å²) in [4.78, 5) is 14.6. The van der Waals surface area contributed by atoms with E-state index in [1.807, 2.05) is 30.3 Å². The molecule has 3 aromatic rings. The zero-order valence-electron chi connectivity index (χ0n) is 15.9. The Hall–Kier alpha value is -2.61. The highest BCUT2D eigenvalue weighted by Gasteiger charge is 2.26. The summed E-state index contributed by atoms with van der Waals surface area (Å²) in [5.74, 6) is 0.294. The van der Waals surface area contributed by atoms with Gasteiger partial charge in [0.1, 0.15) is 5.76 Å². The number of likely N-dealkylation sites (N-methyl/N-ethyl adjacent to an activating group) is 1. The molecular formula is C21H21ClN2O4S. The molecule has 0 saturated carbocycles. The van der Waals surface area contributed by atoms with Gasteiger partial charge in [-0.15, -0.1) is 0 Å². The Morgan fingerprint density at radius 1 is 0.966 bits per heavy atom. The van der Waals surface area contributed by atoms with E-state index in [-0.39, 0.29) is 23.9 Å². The molecule has 1 heterocycles. The van der Waals surface area contributed by atoms with Gasteiger partial charge in [-0.1, -0.05) is 41.9 Å². The van der Waals surface area contributed by atoms with Crippen molar-refractivity contribution in [1.82, 2.24) is 9.21 Å². The number of hydrogen-bond acceptors (Lipinski definition) is 4. The molecule has 1 aromatic heterocycles. The maximum Gasteiger partial charge on any atom is 0.243 e. The largest absolute Gasteiger partial charge is 0.467 e. The summed E-state index contributed by atoms with van der Waals surface area (Å²) >= 11 is 5.83. The van der Waals surface area contributed by atoms with Crippen LogP contribution in [0.4, 0.5) is 0 Å². The molecule has 0 spiro atoms. The van der Waals surface area contributed by atoms with Crippen LogP contribution in [0.15, 0.2) is 82.3 Å². The minimum Gasteiger partial charge on any atom is -0.467 e. The predicted octanol–water partition coefficient (Wildman–Crippen LogP) is 3.78. The highest BCUT2D eigenvalue weighted by Crippen LogP contribution is 2.18. The van der Waals surface area contributed by atoms with Crippen molar-refractivity contribution >= 4 is 27.5 Å². The first-order valence-corrected chi connectivity index (χ1v) is 10.7. The number of rotatable bonds is 8. The molecule has 29 heavy (non-hydrogen) atoms. The molecule has 3 rings (SSSR count). The second kappa shape index (κ2) is 9.26. The van der Waals surface area contributed by atoms with Crippen molar-refractivity contribution < 1.29 is 17.6 Å². The van der Waals surface area contributed by atoms with Gasteiger partial charge in [-0.25, -0.2) is 8.42 Å². The maximum atomic E-state index is 13.0. The summed E-state index contributed by atoms with van der Waals surface area (Å²) in [6, 6.07) is 18.9. The SMILES string of the molecule is CN(CC(=O)N(Cc1ccccc1)Cc1ccco1)S(=O)(=O)c1ccc(Cl)cc1. The number of nitrogens with zero attached hydrogens (tertiary/aromatic N) is 2. The van der Waals surface area contributed by atoms with Crippen molar-refractivity contribution in [3.63, 3.8) is 0 Å². The minimum absolute atomic E-state index is 0.0813. The molecule has 0 atom stereocenters. The Bertz CT molecular complexity index is 1040. The Balaban J connectivity index is 1.76. The number of sulfonamides is 1. The number of halogens is 1.